The molecule has 4 rings (SSSR count). The maximum absolute atomic E-state index is 12.3. The van der Waals surface area contributed by atoms with Gasteiger partial charge >= 0.3 is 0 Å². The van der Waals surface area contributed by atoms with E-state index in [2.05, 4.69) is 17.1 Å². The molecular formula is C23H16ClNO. The summed E-state index contributed by atoms with van der Waals surface area (Å²) in [5.41, 5.74) is 3.38. The highest BCUT2D eigenvalue weighted by Crippen LogP contribution is 2.28. The van der Waals surface area contributed by atoms with Gasteiger partial charge in [0.1, 0.15) is 5.15 Å². The van der Waals surface area contributed by atoms with E-state index >= 15 is 0 Å². The van der Waals surface area contributed by atoms with E-state index in [0.717, 1.165) is 32.8 Å². The lowest BCUT2D eigenvalue weighted by molar-refractivity contribution is 0.104. The van der Waals surface area contributed by atoms with E-state index < -0.39 is 0 Å². The van der Waals surface area contributed by atoms with Crippen molar-refractivity contribution >= 4 is 45.1 Å². The molecule has 0 radical (unpaired) electrons. The van der Waals surface area contributed by atoms with Crippen molar-refractivity contribution in [2.45, 2.75) is 6.92 Å². The fourth-order valence-electron chi connectivity index (χ4n) is 3.00. The number of nitrogens with zero attached hydrogens (tertiary/aromatic N) is 1. The summed E-state index contributed by atoms with van der Waals surface area (Å²) in [6.07, 6.45) is 3.27. The Labute approximate surface area is 156 Å². The predicted octanol–water partition coefficient (Wildman–Crippen LogP) is 6.25. The lowest BCUT2D eigenvalue weighted by atomic mass is 10.0. The number of allylic oxidation sites excluding steroid dienone is 1. The standard InChI is InChI=1S/C23H16ClNO/c1-15-6-8-17(9-7-15)21(26)13-12-19-14-18-11-10-16-4-2-3-5-20(16)22(18)25-23(19)24/h2-14H,1H3/b13-12+. The van der Waals surface area contributed by atoms with Gasteiger partial charge in [0.2, 0.25) is 0 Å². The molecule has 1 heterocycles. The predicted molar refractivity (Wildman–Crippen MR) is 109 cm³/mol. The molecule has 0 aliphatic heterocycles. The molecule has 26 heavy (non-hydrogen) atoms. The van der Waals surface area contributed by atoms with Crippen LogP contribution < -0.4 is 0 Å². The normalized spacial score (nSPS) is 11.5. The molecule has 1 aromatic heterocycles. The number of halogens is 1. The minimum Gasteiger partial charge on any atom is -0.289 e. The summed E-state index contributed by atoms with van der Waals surface area (Å²) in [5, 5.41) is 3.58. The van der Waals surface area contributed by atoms with Gasteiger partial charge in [-0.2, -0.15) is 0 Å². The number of aryl methyl sites for hydroxylation is 1. The second-order valence-electron chi connectivity index (χ2n) is 6.29. The zero-order valence-electron chi connectivity index (χ0n) is 14.2. The Kier molecular flexibility index (Phi) is 4.27. The Morgan fingerprint density at radius 3 is 2.50 bits per heavy atom. The van der Waals surface area contributed by atoms with E-state index in [0.29, 0.717) is 10.7 Å². The minimum atomic E-state index is -0.0559. The third-order valence-electron chi connectivity index (χ3n) is 4.44. The van der Waals surface area contributed by atoms with Gasteiger partial charge in [-0.25, -0.2) is 4.98 Å². The van der Waals surface area contributed by atoms with Gasteiger partial charge in [0.15, 0.2) is 5.78 Å². The monoisotopic (exact) mass is 357 g/mol. The summed E-state index contributed by atoms with van der Waals surface area (Å²) >= 11 is 6.38. The van der Waals surface area contributed by atoms with E-state index in [-0.39, 0.29) is 5.78 Å². The largest absolute Gasteiger partial charge is 0.289 e. The van der Waals surface area contributed by atoms with Crippen LogP contribution in [0.2, 0.25) is 5.15 Å². The lowest BCUT2D eigenvalue weighted by Crippen LogP contribution is -1.94. The molecule has 3 heteroatoms. The zero-order chi connectivity index (χ0) is 18.1. The van der Waals surface area contributed by atoms with Crippen molar-refractivity contribution < 1.29 is 4.79 Å². The SMILES string of the molecule is Cc1ccc(C(=O)/C=C/c2cc3ccc4ccccc4c3nc2Cl)cc1. The van der Waals surface area contributed by atoms with E-state index in [1.165, 1.54) is 0 Å². The highest BCUT2D eigenvalue weighted by atomic mass is 35.5. The number of ketones is 1. The summed E-state index contributed by atoms with van der Waals surface area (Å²) in [6.45, 7) is 1.99. The molecule has 0 atom stereocenters. The Balaban J connectivity index is 1.72. The van der Waals surface area contributed by atoms with Crippen molar-refractivity contribution in [1.82, 2.24) is 4.98 Å². The van der Waals surface area contributed by atoms with E-state index in [9.17, 15) is 4.79 Å². The molecular weight excluding hydrogens is 342 g/mol. The van der Waals surface area contributed by atoms with Gasteiger partial charge in [0.25, 0.3) is 0 Å². The first kappa shape index (κ1) is 16.5. The van der Waals surface area contributed by atoms with Crippen LogP contribution in [0.15, 0.2) is 72.8 Å². The third-order valence-corrected chi connectivity index (χ3v) is 4.74. The van der Waals surface area contributed by atoms with Crippen molar-refractivity contribution in [3.63, 3.8) is 0 Å². The molecule has 0 bridgehead atoms. The topological polar surface area (TPSA) is 30.0 Å². The molecule has 0 spiro atoms. The molecule has 0 saturated carbocycles. The number of hydrogen-bond acceptors (Lipinski definition) is 2. The third kappa shape index (κ3) is 3.12. The number of fused-ring (bicyclic) bond motifs is 3. The summed E-state index contributed by atoms with van der Waals surface area (Å²) in [4.78, 5) is 16.9. The molecule has 0 unspecified atom stereocenters. The first-order chi connectivity index (χ1) is 12.6. The van der Waals surface area contributed by atoms with Crippen molar-refractivity contribution in [1.29, 1.82) is 0 Å². The fraction of sp³-hybridized carbons (Fsp3) is 0.0435. The van der Waals surface area contributed by atoms with Crippen molar-refractivity contribution in [2.24, 2.45) is 0 Å². The first-order valence-electron chi connectivity index (χ1n) is 8.39. The van der Waals surface area contributed by atoms with Crippen molar-refractivity contribution in [3.05, 3.63) is 94.6 Å². The average Bonchev–Trinajstić information content (AvgIpc) is 2.66. The molecule has 3 aromatic carbocycles. The second-order valence-corrected chi connectivity index (χ2v) is 6.65. The molecule has 2 nitrogen and oxygen atoms in total. The molecule has 126 valence electrons. The Bertz CT molecular complexity index is 1160. The van der Waals surface area contributed by atoms with Crippen LogP contribution in [-0.2, 0) is 0 Å². The van der Waals surface area contributed by atoms with Gasteiger partial charge < -0.3 is 0 Å². The van der Waals surface area contributed by atoms with Crippen molar-refractivity contribution in [2.75, 3.05) is 0 Å². The number of hydrogen-bond donors (Lipinski definition) is 0. The summed E-state index contributed by atoms with van der Waals surface area (Å²) in [7, 11) is 0. The lowest BCUT2D eigenvalue weighted by Gasteiger charge is -2.06. The van der Waals surface area contributed by atoms with Crippen LogP contribution in [0.4, 0.5) is 0 Å². The number of carbonyl (C=O) groups is 1. The van der Waals surface area contributed by atoms with Crippen LogP contribution in [-0.4, -0.2) is 10.8 Å². The molecule has 0 amide bonds. The molecule has 0 aliphatic carbocycles. The van der Waals surface area contributed by atoms with Crippen LogP contribution in [0.1, 0.15) is 21.5 Å². The molecule has 0 fully saturated rings. The Hall–Kier alpha value is -2.97. The average molecular weight is 358 g/mol. The maximum Gasteiger partial charge on any atom is 0.185 e. The van der Waals surface area contributed by atoms with Gasteiger partial charge in [-0.1, -0.05) is 77.8 Å². The first-order valence-corrected chi connectivity index (χ1v) is 8.77. The number of aromatic nitrogens is 1. The van der Waals surface area contributed by atoms with Crippen LogP contribution in [0.25, 0.3) is 27.8 Å². The highest BCUT2D eigenvalue weighted by Gasteiger charge is 2.07. The van der Waals surface area contributed by atoms with Crippen LogP contribution in [0, 0.1) is 6.92 Å². The van der Waals surface area contributed by atoms with Gasteiger partial charge in [-0.3, -0.25) is 4.79 Å². The van der Waals surface area contributed by atoms with E-state index in [4.69, 9.17) is 11.6 Å². The summed E-state index contributed by atoms with van der Waals surface area (Å²) in [5.74, 6) is -0.0559. The minimum absolute atomic E-state index is 0.0559. The van der Waals surface area contributed by atoms with Crippen LogP contribution in [0.5, 0.6) is 0 Å². The quantitative estimate of drug-likeness (QED) is 0.188. The van der Waals surface area contributed by atoms with Crippen LogP contribution in [0.3, 0.4) is 0 Å². The molecule has 4 aromatic rings. The Morgan fingerprint density at radius 1 is 0.962 bits per heavy atom. The smallest absolute Gasteiger partial charge is 0.185 e. The number of carbonyl (C=O) groups excluding carboxylic acids is 1. The zero-order valence-corrected chi connectivity index (χ0v) is 15.0. The van der Waals surface area contributed by atoms with Gasteiger partial charge in [-0.15, -0.1) is 0 Å². The fourth-order valence-corrected chi connectivity index (χ4v) is 3.20. The number of benzene rings is 3. The van der Waals surface area contributed by atoms with E-state index in [1.807, 2.05) is 61.5 Å². The summed E-state index contributed by atoms with van der Waals surface area (Å²) < 4.78 is 0. The Morgan fingerprint density at radius 2 is 1.69 bits per heavy atom. The second kappa shape index (κ2) is 6.74. The highest BCUT2D eigenvalue weighted by molar-refractivity contribution is 6.31. The maximum atomic E-state index is 12.3. The molecule has 0 saturated heterocycles. The van der Waals surface area contributed by atoms with Gasteiger partial charge in [0, 0.05) is 21.9 Å². The van der Waals surface area contributed by atoms with E-state index in [1.54, 1.807) is 12.2 Å². The number of pyridine rings is 1. The van der Waals surface area contributed by atoms with Gasteiger partial charge in [-0.05, 0) is 30.5 Å². The van der Waals surface area contributed by atoms with Crippen molar-refractivity contribution in [3.8, 4) is 0 Å². The van der Waals surface area contributed by atoms with Gasteiger partial charge in [0.05, 0.1) is 5.52 Å². The summed E-state index contributed by atoms with van der Waals surface area (Å²) in [6, 6.07) is 21.7. The number of rotatable bonds is 3. The molecule has 0 N–H and O–H groups in total. The molecule has 0 aliphatic rings. The van der Waals surface area contributed by atoms with Crippen LogP contribution >= 0.6 is 11.6 Å².